The number of hydrogen-bond donors (Lipinski definition) is 2. The molecule has 182 valence electrons. The fourth-order valence-corrected chi connectivity index (χ4v) is 4.32. The second-order valence-electron chi connectivity index (χ2n) is 7.98. The summed E-state index contributed by atoms with van der Waals surface area (Å²) in [5, 5.41) is 18.4. The van der Waals surface area contributed by atoms with Gasteiger partial charge in [0.05, 0.1) is 11.3 Å². The van der Waals surface area contributed by atoms with Crippen LogP contribution in [0.5, 0.6) is 5.75 Å². The first-order valence-corrected chi connectivity index (χ1v) is 11.7. The summed E-state index contributed by atoms with van der Waals surface area (Å²) in [7, 11) is 0. The van der Waals surface area contributed by atoms with Crippen LogP contribution in [0.15, 0.2) is 47.8 Å². The number of H-pyrrole nitrogens is 1. The van der Waals surface area contributed by atoms with E-state index < -0.39 is 18.0 Å². The highest BCUT2D eigenvalue weighted by atomic mass is 32.1. The third kappa shape index (κ3) is 5.52. The second-order valence-corrected chi connectivity index (χ2v) is 8.84. The molecule has 1 saturated carbocycles. The van der Waals surface area contributed by atoms with E-state index >= 15 is 0 Å². The predicted molar refractivity (Wildman–Crippen MR) is 125 cm³/mol. The van der Waals surface area contributed by atoms with Crippen LogP contribution >= 0.6 is 11.3 Å². The molecule has 0 unspecified atom stereocenters. The number of amides is 1. The largest absolute Gasteiger partial charge is 0.573 e. The van der Waals surface area contributed by atoms with E-state index in [0.717, 1.165) is 24.6 Å². The number of benzene rings is 2. The summed E-state index contributed by atoms with van der Waals surface area (Å²) in [6.45, 7) is 0. The highest BCUT2D eigenvalue weighted by Gasteiger charge is 2.33. The molecule has 1 fully saturated rings. The Bertz CT molecular complexity index is 1450. The van der Waals surface area contributed by atoms with Gasteiger partial charge in [0.1, 0.15) is 5.75 Å². The topological polar surface area (TPSA) is 106 Å². The summed E-state index contributed by atoms with van der Waals surface area (Å²) in [5.41, 5.74) is 1.94. The lowest BCUT2D eigenvalue weighted by atomic mass is 9.83. The van der Waals surface area contributed by atoms with E-state index in [2.05, 4.69) is 47.5 Å². The Morgan fingerprint density at radius 3 is 2.75 bits per heavy atom. The van der Waals surface area contributed by atoms with E-state index in [4.69, 9.17) is 0 Å². The van der Waals surface area contributed by atoms with Crippen LogP contribution in [0.1, 0.15) is 51.8 Å². The zero-order chi connectivity index (χ0) is 25.1. The molecule has 12 heteroatoms. The molecule has 5 rings (SSSR count). The van der Waals surface area contributed by atoms with Gasteiger partial charge in [-0.25, -0.2) is 4.98 Å². The molecule has 4 aromatic rings. The lowest BCUT2D eigenvalue weighted by Gasteiger charge is -2.22. The molecule has 0 bridgehead atoms. The van der Waals surface area contributed by atoms with Gasteiger partial charge in [-0.05, 0) is 60.4 Å². The maximum atomic E-state index is 13.0. The molecule has 2 N–H and O–H groups in total. The van der Waals surface area contributed by atoms with E-state index in [1.54, 1.807) is 24.3 Å². The highest BCUT2D eigenvalue weighted by molar-refractivity contribution is 7.10. The van der Waals surface area contributed by atoms with Crippen molar-refractivity contribution in [2.75, 3.05) is 5.32 Å². The summed E-state index contributed by atoms with van der Waals surface area (Å²) in [4.78, 5) is 17.4. The van der Waals surface area contributed by atoms with Gasteiger partial charge in [0.2, 0.25) is 5.82 Å². The number of ether oxygens (including phenoxy) is 1. The smallest absolute Gasteiger partial charge is 0.405 e. The number of alkyl halides is 3. The minimum absolute atomic E-state index is 0.0558. The van der Waals surface area contributed by atoms with Crippen LogP contribution in [0.2, 0.25) is 0 Å². The first-order chi connectivity index (χ1) is 17.3. The van der Waals surface area contributed by atoms with Crippen LogP contribution in [0.4, 0.5) is 18.9 Å². The molecule has 0 spiro atoms. The van der Waals surface area contributed by atoms with Gasteiger partial charge < -0.3 is 10.1 Å². The molecule has 2 aromatic heterocycles. The molecule has 0 saturated heterocycles. The second kappa shape index (κ2) is 9.79. The number of nitrogens with one attached hydrogen (secondary N) is 2. The maximum absolute atomic E-state index is 13.0. The van der Waals surface area contributed by atoms with Crippen LogP contribution in [0.3, 0.4) is 0 Å². The van der Waals surface area contributed by atoms with Crippen molar-refractivity contribution in [1.82, 2.24) is 25.6 Å². The summed E-state index contributed by atoms with van der Waals surface area (Å²) in [6.07, 6.45) is -1.45. The van der Waals surface area contributed by atoms with Crippen LogP contribution in [0, 0.1) is 11.8 Å². The van der Waals surface area contributed by atoms with Gasteiger partial charge in [-0.1, -0.05) is 18.4 Å². The standard InChI is InChI=1S/C24H17F3N6O2S/c25-24(26,27)35-20-12-16(22-30-32-33-31-22)8-9-18(20)23(34)28-17-6-1-3-14(11-17)7-10-21-29-19(13-36-21)15-4-2-5-15/h1,3,6,8-9,11-13,15H,2,4-5H2,(H,28,34)(H,30,31,32,33). The van der Waals surface area contributed by atoms with E-state index in [0.29, 0.717) is 22.2 Å². The minimum atomic E-state index is -5.01. The number of aromatic amines is 1. The van der Waals surface area contributed by atoms with Gasteiger partial charge in [0.25, 0.3) is 5.91 Å². The lowest BCUT2D eigenvalue weighted by Crippen LogP contribution is -2.21. The highest BCUT2D eigenvalue weighted by Crippen LogP contribution is 2.36. The number of nitrogens with zero attached hydrogens (tertiary/aromatic N) is 4. The molecule has 0 atom stereocenters. The first kappa shape index (κ1) is 23.5. The molecule has 1 aliphatic rings. The summed E-state index contributed by atoms with van der Waals surface area (Å²) in [5.74, 6) is 5.16. The Kier molecular flexibility index (Phi) is 6.39. The van der Waals surface area contributed by atoms with Gasteiger partial charge in [-0.15, -0.1) is 34.7 Å². The van der Waals surface area contributed by atoms with Crippen molar-refractivity contribution in [3.05, 3.63) is 69.7 Å². The minimum Gasteiger partial charge on any atom is -0.405 e. The van der Waals surface area contributed by atoms with Gasteiger partial charge >= 0.3 is 6.36 Å². The third-order valence-electron chi connectivity index (χ3n) is 5.54. The van der Waals surface area contributed by atoms with Crippen molar-refractivity contribution in [3.63, 3.8) is 0 Å². The van der Waals surface area contributed by atoms with Crippen molar-refractivity contribution < 1.29 is 22.7 Å². The zero-order valence-corrected chi connectivity index (χ0v) is 19.3. The van der Waals surface area contributed by atoms with Crippen LogP contribution < -0.4 is 10.1 Å². The zero-order valence-electron chi connectivity index (χ0n) is 18.5. The van der Waals surface area contributed by atoms with Gasteiger partial charge in [-0.2, -0.15) is 5.21 Å². The Hall–Kier alpha value is -4.24. The Morgan fingerprint density at radius 1 is 1.17 bits per heavy atom. The molecule has 1 aliphatic carbocycles. The number of halogens is 3. The molecule has 0 radical (unpaired) electrons. The first-order valence-electron chi connectivity index (χ1n) is 10.9. The fraction of sp³-hybridized carbons (Fsp3) is 0.208. The summed E-state index contributed by atoms with van der Waals surface area (Å²) < 4.78 is 43.1. The lowest BCUT2D eigenvalue weighted by molar-refractivity contribution is -0.274. The number of carbonyl (C=O) groups excluding carboxylic acids is 1. The van der Waals surface area contributed by atoms with Crippen molar-refractivity contribution in [1.29, 1.82) is 0 Å². The number of tetrazole rings is 1. The van der Waals surface area contributed by atoms with Crippen LogP contribution in [0.25, 0.3) is 11.4 Å². The number of hydrogen-bond acceptors (Lipinski definition) is 7. The Balaban J connectivity index is 1.34. The van der Waals surface area contributed by atoms with Crippen molar-refractivity contribution in [3.8, 4) is 29.0 Å². The Morgan fingerprint density at radius 2 is 2.03 bits per heavy atom. The molecular formula is C24H17F3N6O2S. The van der Waals surface area contributed by atoms with Gasteiger partial charge in [0.15, 0.2) is 5.01 Å². The molecule has 1 amide bonds. The quantitative estimate of drug-likeness (QED) is 0.360. The average Bonchev–Trinajstić information content (AvgIpc) is 3.48. The van der Waals surface area contributed by atoms with E-state index in [1.165, 1.54) is 29.9 Å². The normalized spacial score (nSPS) is 13.4. The van der Waals surface area contributed by atoms with E-state index in [1.807, 2.05) is 5.38 Å². The van der Waals surface area contributed by atoms with Gasteiger partial charge in [-0.3, -0.25) is 4.79 Å². The SMILES string of the molecule is O=C(Nc1cccc(C#Cc2nc(C3CCC3)cs2)c1)c1ccc(-c2nn[nH]n2)cc1OC(F)(F)F. The van der Waals surface area contributed by atoms with Crippen molar-refractivity contribution >= 4 is 22.9 Å². The third-order valence-corrected chi connectivity index (χ3v) is 6.31. The maximum Gasteiger partial charge on any atom is 0.573 e. The number of rotatable bonds is 5. The number of thiazole rings is 1. The van der Waals surface area contributed by atoms with Crippen LogP contribution in [-0.4, -0.2) is 37.9 Å². The number of aromatic nitrogens is 5. The van der Waals surface area contributed by atoms with Crippen molar-refractivity contribution in [2.24, 2.45) is 0 Å². The summed E-state index contributed by atoms with van der Waals surface area (Å²) in [6, 6.07) is 10.3. The number of anilines is 1. The monoisotopic (exact) mass is 510 g/mol. The van der Waals surface area contributed by atoms with E-state index in [-0.39, 0.29) is 17.0 Å². The molecule has 8 nitrogen and oxygen atoms in total. The average molecular weight is 511 g/mol. The molecule has 0 aliphatic heterocycles. The molecule has 2 heterocycles. The number of carbonyl (C=O) groups is 1. The van der Waals surface area contributed by atoms with Crippen molar-refractivity contribution in [2.45, 2.75) is 31.5 Å². The molecule has 2 aromatic carbocycles. The Labute approximate surface area is 206 Å². The molecular weight excluding hydrogens is 493 g/mol. The van der Waals surface area contributed by atoms with Crippen LogP contribution in [-0.2, 0) is 0 Å². The fourth-order valence-electron chi connectivity index (χ4n) is 3.58. The van der Waals surface area contributed by atoms with E-state index in [9.17, 15) is 18.0 Å². The summed E-state index contributed by atoms with van der Waals surface area (Å²) >= 11 is 1.49. The van der Waals surface area contributed by atoms with Gasteiger partial charge in [0, 0.05) is 28.1 Å². The predicted octanol–water partition coefficient (Wildman–Crippen LogP) is 5.14. The molecule has 36 heavy (non-hydrogen) atoms.